The molecular weight excluding hydrogens is 436 g/mol. The summed E-state index contributed by atoms with van der Waals surface area (Å²) in [6, 6.07) is 21.3. The summed E-state index contributed by atoms with van der Waals surface area (Å²) in [5, 5.41) is 0. The van der Waals surface area contributed by atoms with Gasteiger partial charge >= 0.3 is 0 Å². The van der Waals surface area contributed by atoms with Gasteiger partial charge in [0.15, 0.2) is 0 Å². The highest BCUT2D eigenvalue weighted by molar-refractivity contribution is 7.92. The molecular formula is C26H28N2O4S. The molecule has 1 unspecified atom stereocenters. The highest BCUT2D eigenvalue weighted by Crippen LogP contribution is 2.34. The summed E-state index contributed by atoms with van der Waals surface area (Å²) >= 11 is 0. The van der Waals surface area contributed by atoms with Crippen molar-refractivity contribution in [2.75, 3.05) is 25.0 Å². The number of hydrogen-bond acceptors (Lipinski definition) is 4. The maximum absolute atomic E-state index is 13.4. The standard InChI is InChI=1S/C26H28N2O4S/c1-19-9-13-22(14-10-19)27(2)33(30,31)24-7-4-6-21(18-24)26(29)28-17-5-8-25(28)20-11-15-23(32-3)16-12-20/h4,6-7,9-16,18,25H,5,8,17H2,1-3H3. The van der Waals surface area contributed by atoms with Gasteiger partial charge in [0.25, 0.3) is 15.9 Å². The Labute approximate surface area is 195 Å². The van der Waals surface area contributed by atoms with Crippen LogP contribution in [-0.4, -0.2) is 39.9 Å². The van der Waals surface area contributed by atoms with Gasteiger partial charge in [0.2, 0.25) is 0 Å². The number of carbonyl (C=O) groups excluding carboxylic acids is 1. The first-order valence-corrected chi connectivity index (χ1v) is 12.4. The van der Waals surface area contributed by atoms with Crippen LogP contribution in [0.4, 0.5) is 5.69 Å². The first kappa shape index (κ1) is 22.9. The number of ether oxygens (including phenoxy) is 1. The normalized spacial score (nSPS) is 16.0. The minimum absolute atomic E-state index is 0.0427. The van der Waals surface area contributed by atoms with Gasteiger partial charge in [0, 0.05) is 19.2 Å². The minimum Gasteiger partial charge on any atom is -0.497 e. The van der Waals surface area contributed by atoms with Crippen LogP contribution in [-0.2, 0) is 10.0 Å². The number of carbonyl (C=O) groups is 1. The number of anilines is 1. The molecule has 0 spiro atoms. The van der Waals surface area contributed by atoms with Crippen molar-refractivity contribution in [1.29, 1.82) is 0 Å². The van der Waals surface area contributed by atoms with Crippen molar-refractivity contribution < 1.29 is 17.9 Å². The molecule has 6 nitrogen and oxygen atoms in total. The number of rotatable bonds is 6. The van der Waals surface area contributed by atoms with E-state index >= 15 is 0 Å². The third-order valence-corrected chi connectivity index (χ3v) is 7.93. The maximum Gasteiger partial charge on any atom is 0.264 e. The Bertz CT molecular complexity index is 1240. The van der Waals surface area contributed by atoms with Gasteiger partial charge in [0.05, 0.1) is 23.7 Å². The van der Waals surface area contributed by atoms with Crippen molar-refractivity contribution in [3.05, 3.63) is 89.5 Å². The van der Waals surface area contributed by atoms with Crippen LogP contribution in [0.15, 0.2) is 77.7 Å². The number of amides is 1. The number of likely N-dealkylation sites (tertiary alicyclic amines) is 1. The summed E-state index contributed by atoms with van der Waals surface area (Å²) in [6.07, 6.45) is 1.77. The summed E-state index contributed by atoms with van der Waals surface area (Å²) in [6.45, 7) is 2.58. The lowest BCUT2D eigenvalue weighted by Gasteiger charge is -2.26. The van der Waals surface area contributed by atoms with Gasteiger partial charge in [-0.3, -0.25) is 9.10 Å². The predicted octanol–water partition coefficient (Wildman–Crippen LogP) is 4.81. The van der Waals surface area contributed by atoms with Crippen molar-refractivity contribution in [2.24, 2.45) is 0 Å². The zero-order valence-corrected chi connectivity index (χ0v) is 19.9. The second-order valence-electron chi connectivity index (χ2n) is 8.27. The number of benzene rings is 3. The summed E-state index contributed by atoms with van der Waals surface area (Å²) in [5.41, 5.74) is 3.03. The lowest BCUT2D eigenvalue weighted by molar-refractivity contribution is 0.0735. The fourth-order valence-electron chi connectivity index (χ4n) is 4.19. The molecule has 1 amide bonds. The highest BCUT2D eigenvalue weighted by Gasteiger charge is 2.31. The van der Waals surface area contributed by atoms with E-state index in [4.69, 9.17) is 4.74 Å². The van der Waals surface area contributed by atoms with Crippen LogP contribution >= 0.6 is 0 Å². The average molecular weight is 465 g/mol. The van der Waals surface area contributed by atoms with Gasteiger partial charge in [-0.25, -0.2) is 8.42 Å². The third-order valence-electron chi connectivity index (χ3n) is 6.15. The van der Waals surface area contributed by atoms with Gasteiger partial charge in [-0.1, -0.05) is 35.9 Å². The van der Waals surface area contributed by atoms with Crippen LogP contribution in [0.1, 0.15) is 40.4 Å². The van der Waals surface area contributed by atoms with E-state index in [1.54, 1.807) is 31.4 Å². The van der Waals surface area contributed by atoms with Gasteiger partial charge in [-0.05, 0) is 67.8 Å². The zero-order valence-electron chi connectivity index (χ0n) is 19.1. The van der Waals surface area contributed by atoms with E-state index in [0.29, 0.717) is 17.8 Å². The van der Waals surface area contributed by atoms with Crippen molar-refractivity contribution in [3.8, 4) is 5.75 Å². The Morgan fingerprint density at radius 1 is 1.03 bits per heavy atom. The van der Waals surface area contributed by atoms with Crippen molar-refractivity contribution in [3.63, 3.8) is 0 Å². The summed E-state index contributed by atoms with van der Waals surface area (Å²) in [4.78, 5) is 15.3. The van der Waals surface area contributed by atoms with E-state index in [9.17, 15) is 13.2 Å². The number of methoxy groups -OCH3 is 1. The summed E-state index contributed by atoms with van der Waals surface area (Å²) < 4.78 is 33.0. The molecule has 1 heterocycles. The number of hydrogen-bond donors (Lipinski definition) is 0. The van der Waals surface area contributed by atoms with Crippen LogP contribution in [0.2, 0.25) is 0 Å². The Balaban J connectivity index is 1.59. The molecule has 0 radical (unpaired) electrons. The lowest BCUT2D eigenvalue weighted by Crippen LogP contribution is -2.31. The first-order chi connectivity index (χ1) is 15.8. The Kier molecular flexibility index (Phi) is 6.42. The molecule has 1 aliphatic rings. The topological polar surface area (TPSA) is 66.9 Å². The molecule has 172 valence electrons. The Hall–Kier alpha value is -3.32. The average Bonchev–Trinajstić information content (AvgIpc) is 3.33. The summed E-state index contributed by atoms with van der Waals surface area (Å²) in [7, 11) is -0.664. The smallest absolute Gasteiger partial charge is 0.264 e. The van der Waals surface area contributed by atoms with Crippen LogP contribution in [0, 0.1) is 6.92 Å². The van der Waals surface area contributed by atoms with Crippen LogP contribution in [0.25, 0.3) is 0 Å². The number of aryl methyl sites for hydroxylation is 1. The second kappa shape index (κ2) is 9.27. The molecule has 0 saturated carbocycles. The predicted molar refractivity (Wildman–Crippen MR) is 129 cm³/mol. The van der Waals surface area contributed by atoms with Gasteiger partial charge in [-0.2, -0.15) is 0 Å². The third kappa shape index (κ3) is 4.59. The lowest BCUT2D eigenvalue weighted by atomic mass is 10.0. The van der Waals surface area contributed by atoms with E-state index in [0.717, 1.165) is 29.7 Å². The van der Waals surface area contributed by atoms with Gasteiger partial charge in [-0.15, -0.1) is 0 Å². The number of sulfonamides is 1. The molecule has 0 aromatic heterocycles. The molecule has 33 heavy (non-hydrogen) atoms. The fourth-order valence-corrected chi connectivity index (χ4v) is 5.43. The molecule has 3 aromatic carbocycles. The second-order valence-corrected chi connectivity index (χ2v) is 10.2. The molecule has 1 fully saturated rings. The highest BCUT2D eigenvalue weighted by atomic mass is 32.2. The van der Waals surface area contributed by atoms with Crippen molar-refractivity contribution in [2.45, 2.75) is 30.7 Å². The first-order valence-electron chi connectivity index (χ1n) is 10.9. The van der Waals surface area contributed by atoms with Crippen molar-refractivity contribution >= 4 is 21.6 Å². The van der Waals surface area contributed by atoms with E-state index in [-0.39, 0.29) is 16.8 Å². The minimum atomic E-state index is -3.81. The quantitative estimate of drug-likeness (QED) is 0.525. The summed E-state index contributed by atoms with van der Waals surface area (Å²) in [5.74, 6) is 0.605. The van der Waals surface area contributed by atoms with Crippen LogP contribution < -0.4 is 9.04 Å². The molecule has 0 aliphatic carbocycles. The van der Waals surface area contributed by atoms with E-state index < -0.39 is 10.0 Å². The molecule has 1 saturated heterocycles. The monoisotopic (exact) mass is 464 g/mol. The molecule has 0 N–H and O–H groups in total. The van der Waals surface area contributed by atoms with E-state index in [1.165, 1.54) is 23.5 Å². The molecule has 0 bridgehead atoms. The van der Waals surface area contributed by atoms with E-state index in [1.807, 2.05) is 48.2 Å². The fraction of sp³-hybridized carbons (Fsp3) is 0.269. The molecule has 1 aliphatic heterocycles. The molecule has 7 heteroatoms. The Morgan fingerprint density at radius 2 is 1.73 bits per heavy atom. The van der Waals surface area contributed by atoms with Gasteiger partial charge < -0.3 is 9.64 Å². The molecule has 3 aromatic rings. The van der Waals surface area contributed by atoms with Crippen LogP contribution in [0.3, 0.4) is 0 Å². The molecule has 4 rings (SSSR count). The van der Waals surface area contributed by atoms with Gasteiger partial charge in [0.1, 0.15) is 5.75 Å². The number of nitrogens with zero attached hydrogens (tertiary/aromatic N) is 2. The maximum atomic E-state index is 13.4. The largest absolute Gasteiger partial charge is 0.497 e. The van der Waals surface area contributed by atoms with E-state index in [2.05, 4.69) is 0 Å². The zero-order chi connectivity index (χ0) is 23.6. The van der Waals surface area contributed by atoms with Crippen molar-refractivity contribution in [1.82, 2.24) is 4.90 Å². The molecule has 1 atom stereocenters. The Morgan fingerprint density at radius 3 is 2.39 bits per heavy atom. The van der Waals surface area contributed by atoms with Crippen LogP contribution in [0.5, 0.6) is 5.75 Å². The SMILES string of the molecule is COc1ccc(C2CCCN2C(=O)c2cccc(S(=O)(=O)N(C)c3ccc(C)cc3)c2)cc1.